The summed E-state index contributed by atoms with van der Waals surface area (Å²) in [5, 5.41) is 12.3. The predicted molar refractivity (Wildman–Crippen MR) is 74.6 cm³/mol. The summed E-state index contributed by atoms with van der Waals surface area (Å²) in [7, 11) is 0. The molecule has 0 saturated heterocycles. The minimum absolute atomic E-state index is 0.181. The molecule has 1 aromatic heterocycles. The Kier molecular flexibility index (Phi) is 5.22. The minimum atomic E-state index is -0.816. The molecule has 6 heteroatoms. The van der Waals surface area contributed by atoms with Crippen molar-refractivity contribution in [1.29, 1.82) is 0 Å². The summed E-state index contributed by atoms with van der Waals surface area (Å²) >= 11 is 1.42. The van der Waals surface area contributed by atoms with E-state index in [0.717, 1.165) is 11.4 Å². The van der Waals surface area contributed by atoms with Gasteiger partial charge in [0.1, 0.15) is 5.01 Å². The van der Waals surface area contributed by atoms with Crippen molar-refractivity contribution in [2.75, 3.05) is 5.32 Å². The standard InChI is InChI=1S/C12H22N4OS/c1-5-12(13,6-2)10(17)14-11-16-15-9(18-11)7-8(3)4/h8H,5-7,13H2,1-4H3,(H,14,16,17). The molecule has 0 fully saturated rings. The number of anilines is 1. The molecule has 0 aliphatic carbocycles. The van der Waals surface area contributed by atoms with Crippen molar-refractivity contribution in [1.82, 2.24) is 10.2 Å². The first-order valence-corrected chi connectivity index (χ1v) is 7.15. The van der Waals surface area contributed by atoms with Crippen LogP contribution in [-0.4, -0.2) is 21.6 Å². The van der Waals surface area contributed by atoms with Crippen molar-refractivity contribution in [3.63, 3.8) is 0 Å². The highest BCUT2D eigenvalue weighted by atomic mass is 32.1. The Hall–Kier alpha value is -1.01. The van der Waals surface area contributed by atoms with Gasteiger partial charge in [-0.3, -0.25) is 10.1 Å². The second-order valence-corrected chi connectivity index (χ2v) is 5.98. The molecule has 0 aliphatic heterocycles. The van der Waals surface area contributed by atoms with Crippen LogP contribution in [0.2, 0.25) is 0 Å². The average molecular weight is 270 g/mol. The van der Waals surface area contributed by atoms with Crippen molar-refractivity contribution in [3.8, 4) is 0 Å². The van der Waals surface area contributed by atoms with Gasteiger partial charge in [0.25, 0.3) is 0 Å². The van der Waals surface area contributed by atoms with Crippen molar-refractivity contribution >= 4 is 22.4 Å². The van der Waals surface area contributed by atoms with E-state index < -0.39 is 5.54 Å². The lowest BCUT2D eigenvalue weighted by Gasteiger charge is -2.24. The number of hydrogen-bond acceptors (Lipinski definition) is 5. The maximum Gasteiger partial charge on any atom is 0.246 e. The van der Waals surface area contributed by atoms with Crippen LogP contribution in [0.25, 0.3) is 0 Å². The molecule has 3 N–H and O–H groups in total. The molecule has 102 valence electrons. The van der Waals surface area contributed by atoms with Gasteiger partial charge in [-0.05, 0) is 18.8 Å². The molecule has 1 rings (SSSR count). The van der Waals surface area contributed by atoms with E-state index in [9.17, 15) is 4.79 Å². The first-order chi connectivity index (χ1) is 8.41. The Labute approximate surface area is 112 Å². The van der Waals surface area contributed by atoms with Crippen molar-refractivity contribution in [2.45, 2.75) is 52.5 Å². The molecular weight excluding hydrogens is 248 g/mol. The van der Waals surface area contributed by atoms with E-state index in [1.54, 1.807) is 0 Å². The molecule has 1 aromatic rings. The number of carbonyl (C=O) groups excluding carboxylic acids is 1. The molecule has 1 heterocycles. The van der Waals surface area contributed by atoms with Gasteiger partial charge >= 0.3 is 0 Å². The van der Waals surface area contributed by atoms with Gasteiger partial charge in [-0.15, -0.1) is 10.2 Å². The van der Waals surface area contributed by atoms with Gasteiger partial charge in [0.15, 0.2) is 0 Å². The lowest BCUT2D eigenvalue weighted by atomic mass is 9.93. The zero-order chi connectivity index (χ0) is 13.8. The fourth-order valence-corrected chi connectivity index (χ4v) is 2.48. The van der Waals surface area contributed by atoms with Crippen LogP contribution in [0.3, 0.4) is 0 Å². The van der Waals surface area contributed by atoms with Crippen molar-refractivity contribution in [3.05, 3.63) is 5.01 Å². The third-order valence-corrected chi connectivity index (χ3v) is 3.85. The number of nitrogens with two attached hydrogens (primary N) is 1. The van der Waals surface area contributed by atoms with Gasteiger partial charge in [-0.1, -0.05) is 39.0 Å². The van der Waals surface area contributed by atoms with Crippen LogP contribution >= 0.6 is 11.3 Å². The van der Waals surface area contributed by atoms with E-state index in [-0.39, 0.29) is 5.91 Å². The molecule has 0 unspecified atom stereocenters. The molecule has 0 saturated carbocycles. The zero-order valence-electron chi connectivity index (χ0n) is 11.5. The minimum Gasteiger partial charge on any atom is -0.317 e. The SMILES string of the molecule is CCC(N)(CC)C(=O)Nc1nnc(CC(C)C)s1. The Morgan fingerprint density at radius 3 is 2.50 bits per heavy atom. The molecule has 0 spiro atoms. The summed E-state index contributed by atoms with van der Waals surface area (Å²) in [4.78, 5) is 12.0. The maximum atomic E-state index is 12.0. The highest BCUT2D eigenvalue weighted by molar-refractivity contribution is 7.15. The van der Waals surface area contributed by atoms with Crippen LogP contribution in [0, 0.1) is 5.92 Å². The third-order valence-electron chi connectivity index (χ3n) is 2.98. The first kappa shape index (κ1) is 15.0. The first-order valence-electron chi connectivity index (χ1n) is 6.34. The average Bonchev–Trinajstić information content (AvgIpc) is 2.74. The number of aromatic nitrogens is 2. The number of rotatable bonds is 6. The Balaban J connectivity index is 2.67. The largest absolute Gasteiger partial charge is 0.317 e. The number of hydrogen-bond donors (Lipinski definition) is 2. The van der Waals surface area contributed by atoms with E-state index in [0.29, 0.717) is 23.9 Å². The van der Waals surface area contributed by atoms with Gasteiger partial charge < -0.3 is 5.73 Å². The lowest BCUT2D eigenvalue weighted by molar-refractivity contribution is -0.121. The molecule has 18 heavy (non-hydrogen) atoms. The molecule has 0 bridgehead atoms. The second-order valence-electron chi connectivity index (χ2n) is 4.92. The van der Waals surface area contributed by atoms with E-state index >= 15 is 0 Å². The van der Waals surface area contributed by atoms with E-state index in [4.69, 9.17) is 5.73 Å². The van der Waals surface area contributed by atoms with Gasteiger partial charge in [0.2, 0.25) is 11.0 Å². The molecule has 0 radical (unpaired) electrons. The van der Waals surface area contributed by atoms with Crippen LogP contribution < -0.4 is 11.1 Å². The smallest absolute Gasteiger partial charge is 0.246 e. The van der Waals surface area contributed by atoms with E-state index in [1.807, 2.05) is 13.8 Å². The predicted octanol–water partition coefficient (Wildman–Crippen LogP) is 2.19. The molecule has 0 aliphatic rings. The molecule has 0 atom stereocenters. The topological polar surface area (TPSA) is 80.9 Å². The monoisotopic (exact) mass is 270 g/mol. The fourth-order valence-electron chi connectivity index (χ4n) is 1.53. The summed E-state index contributed by atoms with van der Waals surface area (Å²) in [6, 6.07) is 0. The summed E-state index contributed by atoms with van der Waals surface area (Å²) < 4.78 is 0. The van der Waals surface area contributed by atoms with E-state index in [2.05, 4.69) is 29.4 Å². The van der Waals surface area contributed by atoms with Crippen LogP contribution in [0.15, 0.2) is 0 Å². The Bertz CT molecular complexity index is 399. The number of carbonyl (C=O) groups is 1. The summed E-state index contributed by atoms with van der Waals surface area (Å²) in [5.74, 6) is 0.348. The number of nitrogens with zero attached hydrogens (tertiary/aromatic N) is 2. The summed E-state index contributed by atoms with van der Waals surface area (Å²) in [6.45, 7) is 8.07. The van der Waals surface area contributed by atoms with Gasteiger partial charge in [-0.2, -0.15) is 0 Å². The van der Waals surface area contributed by atoms with Crippen LogP contribution in [-0.2, 0) is 11.2 Å². The van der Waals surface area contributed by atoms with Gasteiger partial charge in [0.05, 0.1) is 5.54 Å². The fraction of sp³-hybridized carbons (Fsp3) is 0.750. The van der Waals surface area contributed by atoms with Crippen LogP contribution in [0.4, 0.5) is 5.13 Å². The van der Waals surface area contributed by atoms with Crippen LogP contribution in [0.5, 0.6) is 0 Å². The van der Waals surface area contributed by atoms with Crippen molar-refractivity contribution < 1.29 is 4.79 Å². The Morgan fingerprint density at radius 2 is 2.00 bits per heavy atom. The normalized spacial score (nSPS) is 11.9. The van der Waals surface area contributed by atoms with Crippen molar-refractivity contribution in [2.24, 2.45) is 11.7 Å². The van der Waals surface area contributed by atoms with Gasteiger partial charge in [0, 0.05) is 6.42 Å². The highest BCUT2D eigenvalue weighted by Crippen LogP contribution is 2.20. The van der Waals surface area contributed by atoms with Crippen LogP contribution in [0.1, 0.15) is 45.5 Å². The number of amides is 1. The molecule has 5 nitrogen and oxygen atoms in total. The zero-order valence-corrected chi connectivity index (χ0v) is 12.3. The molecular formula is C12H22N4OS. The van der Waals surface area contributed by atoms with E-state index in [1.165, 1.54) is 11.3 Å². The van der Waals surface area contributed by atoms with Gasteiger partial charge in [-0.25, -0.2) is 0 Å². The Morgan fingerprint density at radius 1 is 1.39 bits per heavy atom. The summed E-state index contributed by atoms with van der Waals surface area (Å²) in [5.41, 5.74) is 5.20. The lowest BCUT2D eigenvalue weighted by Crippen LogP contribution is -2.50. The second kappa shape index (κ2) is 6.24. The maximum absolute atomic E-state index is 12.0. The third kappa shape index (κ3) is 3.74. The number of nitrogens with one attached hydrogen (secondary N) is 1. The summed E-state index contributed by atoms with van der Waals surface area (Å²) in [6.07, 6.45) is 2.09. The molecule has 0 aromatic carbocycles. The quantitative estimate of drug-likeness (QED) is 0.830. The highest BCUT2D eigenvalue weighted by Gasteiger charge is 2.30. The molecule has 1 amide bonds.